The average molecular weight is 314 g/mol. The van der Waals surface area contributed by atoms with E-state index in [9.17, 15) is 24.2 Å². The maximum atomic E-state index is 13.8. The maximum Gasteiger partial charge on any atom is 0.308 e. The summed E-state index contributed by atoms with van der Waals surface area (Å²) in [6.45, 7) is 1.78. The van der Waals surface area contributed by atoms with Gasteiger partial charge in [0.25, 0.3) is 0 Å². The number of ether oxygens (including phenoxy) is 1. The monoisotopic (exact) mass is 314 g/mol. The van der Waals surface area contributed by atoms with Gasteiger partial charge in [0.15, 0.2) is 0 Å². The smallest absolute Gasteiger partial charge is 0.308 e. The van der Waals surface area contributed by atoms with Crippen LogP contribution in [0.25, 0.3) is 0 Å². The molecule has 0 saturated heterocycles. The molecular formula is C15H19FO6. The Balaban J connectivity index is 2.73. The quantitative estimate of drug-likeness (QED) is 0.623. The number of aliphatic hydroxyl groups excluding tert-OH is 2. The van der Waals surface area contributed by atoms with Crippen LogP contribution < -0.4 is 0 Å². The van der Waals surface area contributed by atoms with Crippen molar-refractivity contribution in [1.82, 2.24) is 0 Å². The Bertz CT molecular complexity index is 531. The molecule has 0 fully saturated rings. The fourth-order valence-corrected chi connectivity index (χ4v) is 1.92. The summed E-state index contributed by atoms with van der Waals surface area (Å²) in [6, 6.07) is 3.77. The molecule has 0 amide bonds. The minimum atomic E-state index is -1.44. The van der Waals surface area contributed by atoms with Crippen molar-refractivity contribution in [2.24, 2.45) is 0 Å². The molecule has 0 aliphatic carbocycles. The molecule has 1 rings (SSSR count). The molecule has 0 aliphatic heterocycles. The molecule has 2 atom stereocenters. The second-order valence-corrected chi connectivity index (χ2v) is 4.77. The second kappa shape index (κ2) is 8.45. The first kappa shape index (κ1) is 18.1. The predicted octanol–water partition coefficient (Wildman–Crippen LogP) is 1.19. The Labute approximate surface area is 127 Å². The fourth-order valence-electron chi connectivity index (χ4n) is 1.92. The largest absolute Gasteiger partial charge is 0.481 e. The third-order valence-corrected chi connectivity index (χ3v) is 3.07. The number of carboxylic acid groups (broad SMARTS) is 1. The Morgan fingerprint density at radius 1 is 1.32 bits per heavy atom. The van der Waals surface area contributed by atoms with Gasteiger partial charge in [-0.15, -0.1) is 0 Å². The Hall–Kier alpha value is -1.99. The van der Waals surface area contributed by atoms with Crippen molar-refractivity contribution in [3.63, 3.8) is 0 Å². The zero-order valence-electron chi connectivity index (χ0n) is 12.2. The highest BCUT2D eigenvalue weighted by Gasteiger charge is 2.23. The van der Waals surface area contributed by atoms with E-state index in [-0.39, 0.29) is 30.6 Å². The summed E-state index contributed by atoms with van der Waals surface area (Å²) < 4.78 is 18.5. The molecule has 0 bridgehead atoms. The molecule has 0 radical (unpaired) electrons. The number of halogens is 1. The van der Waals surface area contributed by atoms with Crippen molar-refractivity contribution in [2.45, 2.75) is 38.4 Å². The molecule has 122 valence electrons. The van der Waals surface area contributed by atoms with E-state index in [1.165, 1.54) is 12.1 Å². The van der Waals surface area contributed by atoms with E-state index in [1.54, 1.807) is 6.92 Å². The molecular weight excluding hydrogens is 295 g/mol. The van der Waals surface area contributed by atoms with E-state index in [2.05, 4.69) is 4.74 Å². The van der Waals surface area contributed by atoms with Gasteiger partial charge >= 0.3 is 11.9 Å². The second-order valence-electron chi connectivity index (χ2n) is 4.77. The molecule has 7 heteroatoms. The van der Waals surface area contributed by atoms with E-state index in [1.807, 2.05) is 0 Å². The average Bonchev–Trinajstić information content (AvgIpc) is 2.45. The highest BCUT2D eigenvalue weighted by Crippen LogP contribution is 2.22. The Kier molecular flexibility index (Phi) is 6.94. The van der Waals surface area contributed by atoms with E-state index >= 15 is 0 Å². The van der Waals surface area contributed by atoms with E-state index < -0.39 is 36.4 Å². The molecule has 6 nitrogen and oxygen atoms in total. The number of carbonyl (C=O) groups excluding carboxylic acids is 1. The highest BCUT2D eigenvalue weighted by molar-refractivity contribution is 5.70. The summed E-state index contributed by atoms with van der Waals surface area (Å²) in [5, 5.41) is 28.2. The van der Waals surface area contributed by atoms with Crippen LogP contribution in [0.4, 0.5) is 4.39 Å². The lowest BCUT2D eigenvalue weighted by atomic mass is 9.99. The SMILES string of the molecule is CCOC(=O)CC(O)C(O)c1ccc(CCC(=O)O)c(F)c1. The fraction of sp³-hybridized carbons (Fsp3) is 0.467. The highest BCUT2D eigenvalue weighted by atomic mass is 19.1. The minimum absolute atomic E-state index is 0.0307. The number of aryl methyl sites for hydroxylation is 1. The first-order valence-electron chi connectivity index (χ1n) is 6.87. The van der Waals surface area contributed by atoms with Gasteiger partial charge in [0.2, 0.25) is 0 Å². The van der Waals surface area contributed by atoms with Gasteiger partial charge in [-0.2, -0.15) is 0 Å². The number of aliphatic hydroxyl groups is 2. The molecule has 0 aromatic heterocycles. The summed E-state index contributed by atoms with van der Waals surface area (Å²) >= 11 is 0. The number of hydrogen-bond donors (Lipinski definition) is 3. The lowest BCUT2D eigenvalue weighted by Crippen LogP contribution is -2.23. The predicted molar refractivity (Wildman–Crippen MR) is 74.6 cm³/mol. The van der Waals surface area contributed by atoms with Gasteiger partial charge in [-0.25, -0.2) is 4.39 Å². The van der Waals surface area contributed by atoms with Crippen LogP contribution in [0, 0.1) is 5.82 Å². The molecule has 0 spiro atoms. The van der Waals surface area contributed by atoms with Crippen LogP contribution in [0.1, 0.15) is 37.0 Å². The zero-order chi connectivity index (χ0) is 16.7. The van der Waals surface area contributed by atoms with E-state index in [0.717, 1.165) is 6.07 Å². The van der Waals surface area contributed by atoms with Gasteiger partial charge < -0.3 is 20.1 Å². The zero-order valence-corrected chi connectivity index (χ0v) is 12.2. The molecule has 0 aliphatic rings. The van der Waals surface area contributed by atoms with Crippen LogP contribution >= 0.6 is 0 Å². The number of benzene rings is 1. The summed E-state index contributed by atoms with van der Waals surface area (Å²) in [5.41, 5.74) is 0.312. The normalized spacial score (nSPS) is 13.5. The topological polar surface area (TPSA) is 104 Å². The molecule has 22 heavy (non-hydrogen) atoms. The van der Waals surface area contributed by atoms with Crippen LogP contribution in [0.15, 0.2) is 18.2 Å². The van der Waals surface area contributed by atoms with Crippen LogP contribution in [-0.2, 0) is 20.7 Å². The van der Waals surface area contributed by atoms with Crippen molar-refractivity contribution >= 4 is 11.9 Å². The number of aliphatic carboxylic acids is 1. The van der Waals surface area contributed by atoms with Gasteiger partial charge in [-0.05, 0) is 30.5 Å². The molecule has 0 saturated carbocycles. The van der Waals surface area contributed by atoms with E-state index in [4.69, 9.17) is 5.11 Å². The van der Waals surface area contributed by atoms with Crippen LogP contribution in [-0.4, -0.2) is 40.0 Å². The summed E-state index contributed by atoms with van der Waals surface area (Å²) in [7, 11) is 0. The first-order chi connectivity index (χ1) is 10.3. The summed E-state index contributed by atoms with van der Waals surface area (Å²) in [4.78, 5) is 21.7. The number of carboxylic acids is 1. The standard InChI is InChI=1S/C15H19FO6/c1-2-22-14(20)8-12(17)15(21)10-4-3-9(11(16)7-10)5-6-13(18)19/h3-4,7,12,15,17,21H,2,5-6,8H2,1H3,(H,18,19). The number of esters is 1. The molecule has 1 aromatic carbocycles. The third-order valence-electron chi connectivity index (χ3n) is 3.07. The van der Waals surface area contributed by atoms with Crippen molar-refractivity contribution < 1.29 is 34.0 Å². The van der Waals surface area contributed by atoms with Crippen molar-refractivity contribution in [3.8, 4) is 0 Å². The lowest BCUT2D eigenvalue weighted by molar-refractivity contribution is -0.147. The van der Waals surface area contributed by atoms with Gasteiger partial charge in [0, 0.05) is 6.42 Å². The third kappa shape index (κ3) is 5.42. The van der Waals surface area contributed by atoms with Crippen molar-refractivity contribution in [1.29, 1.82) is 0 Å². The van der Waals surface area contributed by atoms with Gasteiger partial charge in [0.1, 0.15) is 11.9 Å². The maximum absolute atomic E-state index is 13.8. The number of hydrogen-bond acceptors (Lipinski definition) is 5. The first-order valence-corrected chi connectivity index (χ1v) is 6.87. The van der Waals surface area contributed by atoms with Crippen LogP contribution in [0.2, 0.25) is 0 Å². The molecule has 2 unspecified atom stereocenters. The molecule has 3 N–H and O–H groups in total. The number of rotatable bonds is 8. The molecule has 1 aromatic rings. The Morgan fingerprint density at radius 3 is 2.55 bits per heavy atom. The van der Waals surface area contributed by atoms with Crippen LogP contribution in [0.3, 0.4) is 0 Å². The lowest BCUT2D eigenvalue weighted by Gasteiger charge is -2.18. The van der Waals surface area contributed by atoms with E-state index in [0.29, 0.717) is 0 Å². The van der Waals surface area contributed by atoms with Gasteiger partial charge in [-0.1, -0.05) is 12.1 Å². The van der Waals surface area contributed by atoms with Crippen LogP contribution in [0.5, 0.6) is 0 Å². The minimum Gasteiger partial charge on any atom is -0.481 e. The van der Waals surface area contributed by atoms with Crippen molar-refractivity contribution in [2.75, 3.05) is 6.61 Å². The molecule has 0 heterocycles. The van der Waals surface area contributed by atoms with Gasteiger partial charge in [-0.3, -0.25) is 9.59 Å². The van der Waals surface area contributed by atoms with Gasteiger partial charge in [0.05, 0.1) is 19.1 Å². The Morgan fingerprint density at radius 2 is 2.00 bits per heavy atom. The summed E-state index contributed by atoms with van der Waals surface area (Å²) in [5.74, 6) is -2.36. The van der Waals surface area contributed by atoms with Crippen molar-refractivity contribution in [3.05, 3.63) is 35.1 Å². The summed E-state index contributed by atoms with van der Waals surface area (Å²) in [6.07, 6.45) is -3.43. The number of carbonyl (C=O) groups is 2.